The summed E-state index contributed by atoms with van der Waals surface area (Å²) in [5.41, 5.74) is 1.00. The highest BCUT2D eigenvalue weighted by Crippen LogP contribution is 2.33. The van der Waals surface area contributed by atoms with Crippen molar-refractivity contribution in [1.29, 1.82) is 0 Å². The number of aldehydes is 1. The van der Waals surface area contributed by atoms with E-state index < -0.39 is 6.10 Å². The van der Waals surface area contributed by atoms with Crippen molar-refractivity contribution in [3.63, 3.8) is 0 Å². The fourth-order valence-electron chi connectivity index (χ4n) is 1.54. The van der Waals surface area contributed by atoms with Gasteiger partial charge in [0.05, 0.1) is 0 Å². The van der Waals surface area contributed by atoms with E-state index in [2.05, 4.69) is 0 Å². The van der Waals surface area contributed by atoms with Crippen molar-refractivity contribution in [1.82, 2.24) is 0 Å². The minimum atomic E-state index is -0.979. The van der Waals surface area contributed by atoms with E-state index in [1.807, 2.05) is 31.2 Å². The lowest BCUT2D eigenvalue weighted by Crippen LogP contribution is -1.96. The van der Waals surface area contributed by atoms with Gasteiger partial charge in [-0.2, -0.15) is 0 Å². The van der Waals surface area contributed by atoms with Gasteiger partial charge < -0.3 is 9.90 Å². The lowest BCUT2D eigenvalue weighted by atomic mass is 10.1. The molecule has 1 aromatic carbocycles. The molecule has 0 bridgehead atoms. The summed E-state index contributed by atoms with van der Waals surface area (Å²) < 4.78 is 1.11. The second-order valence-corrected chi connectivity index (χ2v) is 4.25. The van der Waals surface area contributed by atoms with E-state index in [-0.39, 0.29) is 0 Å². The molecule has 1 heterocycles. The number of fused-ring (bicyclic) bond motifs is 1. The first-order valence-corrected chi connectivity index (χ1v) is 5.17. The van der Waals surface area contributed by atoms with E-state index in [4.69, 9.17) is 0 Å². The molecule has 0 saturated heterocycles. The number of aryl methyl sites for hydroxylation is 1. The number of rotatable bonds is 2. The Morgan fingerprint density at radius 1 is 1.43 bits per heavy atom. The minimum Gasteiger partial charge on any atom is -0.380 e. The molecule has 2 rings (SSSR count). The Morgan fingerprint density at radius 3 is 2.79 bits per heavy atom. The van der Waals surface area contributed by atoms with Crippen LogP contribution in [0.3, 0.4) is 0 Å². The molecule has 1 atom stereocenters. The first-order valence-electron chi connectivity index (χ1n) is 4.35. The molecule has 2 aromatic rings. The smallest absolute Gasteiger partial charge is 0.153 e. The maximum atomic E-state index is 10.5. The molecule has 0 aliphatic heterocycles. The van der Waals surface area contributed by atoms with E-state index in [9.17, 15) is 9.90 Å². The zero-order chi connectivity index (χ0) is 10.1. The maximum Gasteiger partial charge on any atom is 0.153 e. The van der Waals surface area contributed by atoms with Gasteiger partial charge in [0, 0.05) is 9.58 Å². The summed E-state index contributed by atoms with van der Waals surface area (Å²) in [6.07, 6.45) is -0.412. The predicted octanol–water partition coefficient (Wildman–Crippen LogP) is 2.44. The summed E-state index contributed by atoms with van der Waals surface area (Å²) in [5, 5.41) is 10.6. The van der Waals surface area contributed by atoms with Crippen molar-refractivity contribution in [3.8, 4) is 0 Å². The van der Waals surface area contributed by atoms with Gasteiger partial charge in [-0.15, -0.1) is 11.3 Å². The van der Waals surface area contributed by atoms with Gasteiger partial charge in [-0.1, -0.05) is 18.2 Å². The molecule has 3 heteroatoms. The molecule has 14 heavy (non-hydrogen) atoms. The summed E-state index contributed by atoms with van der Waals surface area (Å²) in [6.45, 7) is 1.93. The fraction of sp³-hybridized carbons (Fsp3) is 0.182. The van der Waals surface area contributed by atoms with Gasteiger partial charge in [-0.25, -0.2) is 0 Å². The molecule has 1 aromatic heterocycles. The van der Waals surface area contributed by atoms with Crippen LogP contribution in [0.4, 0.5) is 0 Å². The summed E-state index contributed by atoms with van der Waals surface area (Å²) in [5.74, 6) is 0. The molecule has 0 aliphatic carbocycles. The summed E-state index contributed by atoms with van der Waals surface area (Å²) >= 11 is 1.48. The van der Waals surface area contributed by atoms with Gasteiger partial charge in [0.15, 0.2) is 6.29 Å². The minimum absolute atomic E-state index is 0.567. The van der Waals surface area contributed by atoms with Crippen molar-refractivity contribution in [2.75, 3.05) is 0 Å². The molecular weight excluding hydrogens is 196 g/mol. The number of carbonyl (C=O) groups excluding carboxylic acids is 1. The van der Waals surface area contributed by atoms with Gasteiger partial charge in [-0.05, 0) is 23.9 Å². The van der Waals surface area contributed by atoms with E-state index in [0.717, 1.165) is 20.5 Å². The number of aliphatic hydroxyl groups is 1. The van der Waals surface area contributed by atoms with Crippen LogP contribution in [0.25, 0.3) is 10.1 Å². The second-order valence-electron chi connectivity index (χ2n) is 3.17. The molecule has 0 saturated carbocycles. The monoisotopic (exact) mass is 206 g/mol. The third-order valence-corrected chi connectivity index (χ3v) is 3.62. The van der Waals surface area contributed by atoms with Gasteiger partial charge in [0.2, 0.25) is 0 Å². The number of benzene rings is 1. The van der Waals surface area contributed by atoms with Gasteiger partial charge >= 0.3 is 0 Å². The molecule has 0 radical (unpaired) electrons. The highest BCUT2D eigenvalue weighted by molar-refractivity contribution is 7.19. The zero-order valence-electron chi connectivity index (χ0n) is 7.73. The van der Waals surface area contributed by atoms with Crippen molar-refractivity contribution >= 4 is 27.7 Å². The van der Waals surface area contributed by atoms with Crippen molar-refractivity contribution in [2.45, 2.75) is 13.0 Å². The van der Waals surface area contributed by atoms with Crippen LogP contribution in [0.1, 0.15) is 16.5 Å². The SMILES string of the molecule is Cc1c(C(O)C=O)sc2ccccc12. The normalized spacial score (nSPS) is 13.0. The lowest BCUT2D eigenvalue weighted by Gasteiger charge is -1.99. The fourth-order valence-corrected chi connectivity index (χ4v) is 2.69. The number of hydrogen-bond donors (Lipinski definition) is 1. The van der Waals surface area contributed by atoms with E-state index in [1.54, 1.807) is 0 Å². The summed E-state index contributed by atoms with van der Waals surface area (Å²) in [6, 6.07) is 7.91. The molecule has 2 nitrogen and oxygen atoms in total. The third kappa shape index (κ3) is 1.35. The topological polar surface area (TPSA) is 37.3 Å². The van der Waals surface area contributed by atoms with E-state index in [1.165, 1.54) is 11.3 Å². The molecule has 0 aliphatic rings. The Labute approximate surface area is 85.8 Å². The first-order chi connectivity index (χ1) is 6.74. The third-order valence-electron chi connectivity index (χ3n) is 2.28. The standard InChI is InChI=1S/C11H10O2S/c1-7-8-4-2-3-5-10(8)14-11(7)9(13)6-12/h2-6,9,13H,1H3. The summed E-state index contributed by atoms with van der Waals surface area (Å²) in [4.78, 5) is 11.2. The number of hydrogen-bond acceptors (Lipinski definition) is 3. The number of thiophene rings is 1. The molecule has 0 spiro atoms. The average molecular weight is 206 g/mol. The van der Waals surface area contributed by atoms with Crippen molar-refractivity contribution in [3.05, 3.63) is 34.7 Å². The van der Waals surface area contributed by atoms with Gasteiger partial charge in [-0.3, -0.25) is 0 Å². The highest BCUT2D eigenvalue weighted by atomic mass is 32.1. The molecular formula is C11H10O2S. The van der Waals surface area contributed by atoms with Crippen molar-refractivity contribution in [2.24, 2.45) is 0 Å². The Balaban J connectivity index is 2.68. The second kappa shape index (κ2) is 3.52. The zero-order valence-corrected chi connectivity index (χ0v) is 8.54. The van der Waals surface area contributed by atoms with Crippen LogP contribution < -0.4 is 0 Å². The first kappa shape index (κ1) is 9.37. The van der Waals surface area contributed by atoms with Crippen LogP contribution in [-0.4, -0.2) is 11.4 Å². The highest BCUT2D eigenvalue weighted by Gasteiger charge is 2.14. The predicted molar refractivity (Wildman–Crippen MR) is 57.6 cm³/mol. The van der Waals surface area contributed by atoms with Gasteiger partial charge in [0.25, 0.3) is 0 Å². The Bertz CT molecular complexity index is 473. The lowest BCUT2D eigenvalue weighted by molar-refractivity contribution is -0.114. The summed E-state index contributed by atoms with van der Waals surface area (Å²) in [7, 11) is 0. The Hall–Kier alpha value is -1.19. The Morgan fingerprint density at radius 2 is 2.14 bits per heavy atom. The van der Waals surface area contributed by atoms with Gasteiger partial charge in [0.1, 0.15) is 6.10 Å². The molecule has 0 fully saturated rings. The number of carbonyl (C=O) groups is 1. The Kier molecular flexibility index (Phi) is 2.35. The van der Waals surface area contributed by atoms with E-state index >= 15 is 0 Å². The van der Waals surface area contributed by atoms with E-state index in [0.29, 0.717) is 6.29 Å². The molecule has 1 unspecified atom stereocenters. The number of aliphatic hydroxyl groups excluding tert-OH is 1. The van der Waals surface area contributed by atoms with Crippen LogP contribution in [-0.2, 0) is 4.79 Å². The van der Waals surface area contributed by atoms with Crippen LogP contribution in [0.15, 0.2) is 24.3 Å². The van der Waals surface area contributed by atoms with Crippen molar-refractivity contribution < 1.29 is 9.90 Å². The molecule has 0 amide bonds. The average Bonchev–Trinajstić information content (AvgIpc) is 2.56. The van der Waals surface area contributed by atoms with Crippen LogP contribution >= 0.6 is 11.3 Å². The molecule has 72 valence electrons. The largest absolute Gasteiger partial charge is 0.380 e. The van der Waals surface area contributed by atoms with Crippen LogP contribution in [0, 0.1) is 6.92 Å². The molecule has 1 N–H and O–H groups in total. The van der Waals surface area contributed by atoms with Crippen LogP contribution in [0.5, 0.6) is 0 Å². The van der Waals surface area contributed by atoms with Crippen LogP contribution in [0.2, 0.25) is 0 Å². The quantitative estimate of drug-likeness (QED) is 0.766. The maximum absolute atomic E-state index is 10.5.